The van der Waals surface area contributed by atoms with Crippen LogP contribution in [0.2, 0.25) is 0 Å². The van der Waals surface area contributed by atoms with Gasteiger partial charge in [0.05, 0.1) is 5.69 Å². The number of rotatable bonds is 10. The summed E-state index contributed by atoms with van der Waals surface area (Å²) in [6.45, 7) is 8.37. The Labute approximate surface area is 156 Å². The molecule has 2 N–H and O–H groups in total. The van der Waals surface area contributed by atoms with E-state index in [-0.39, 0.29) is 0 Å². The molecule has 26 heavy (non-hydrogen) atoms. The maximum atomic E-state index is 5.66. The minimum absolute atomic E-state index is 0.785. The number of pyridine rings is 1. The maximum absolute atomic E-state index is 5.66. The molecule has 0 spiro atoms. The quantitative estimate of drug-likeness (QED) is 0.390. The van der Waals surface area contributed by atoms with Crippen molar-refractivity contribution in [2.24, 2.45) is 10.9 Å². The molecule has 142 valence electrons. The van der Waals surface area contributed by atoms with Crippen LogP contribution in [-0.4, -0.2) is 48.2 Å². The van der Waals surface area contributed by atoms with Crippen molar-refractivity contribution < 1.29 is 4.74 Å². The van der Waals surface area contributed by atoms with Crippen molar-refractivity contribution in [3.8, 4) is 0 Å². The van der Waals surface area contributed by atoms with E-state index in [1.807, 2.05) is 6.20 Å². The Balaban J connectivity index is 1.40. The van der Waals surface area contributed by atoms with E-state index in [1.54, 1.807) is 0 Å². The van der Waals surface area contributed by atoms with Crippen LogP contribution in [0.5, 0.6) is 0 Å². The smallest absolute Gasteiger partial charge is 0.191 e. The van der Waals surface area contributed by atoms with Crippen LogP contribution in [0.3, 0.4) is 0 Å². The largest absolute Gasteiger partial charge is 0.381 e. The third-order valence-corrected chi connectivity index (χ3v) is 4.51. The lowest BCUT2D eigenvalue weighted by molar-refractivity contribution is 0.123. The average Bonchev–Trinajstić information content (AvgIpc) is 3.36. The van der Waals surface area contributed by atoms with Gasteiger partial charge in [0.15, 0.2) is 5.96 Å². The van der Waals surface area contributed by atoms with E-state index < -0.39 is 0 Å². The first-order valence-corrected chi connectivity index (χ1v) is 9.79. The molecule has 2 heterocycles. The molecular weight excluding hydrogens is 326 g/mol. The molecule has 0 bridgehead atoms. The van der Waals surface area contributed by atoms with Crippen molar-refractivity contribution in [1.29, 1.82) is 0 Å². The predicted molar refractivity (Wildman–Crippen MR) is 106 cm³/mol. The minimum Gasteiger partial charge on any atom is -0.381 e. The fourth-order valence-corrected chi connectivity index (χ4v) is 2.87. The molecule has 1 saturated carbocycles. The first-order chi connectivity index (χ1) is 12.8. The number of guanidine groups is 1. The minimum atomic E-state index is 0.785. The van der Waals surface area contributed by atoms with E-state index in [1.165, 1.54) is 18.4 Å². The molecule has 6 nitrogen and oxygen atoms in total. The summed E-state index contributed by atoms with van der Waals surface area (Å²) in [5, 5.41) is 6.69. The number of aromatic nitrogens is 2. The van der Waals surface area contributed by atoms with Gasteiger partial charge in [-0.2, -0.15) is 0 Å². The molecule has 0 radical (unpaired) electrons. The number of aliphatic imine (C=N–C) groups is 1. The standard InChI is InChI=1S/C20H31N5O/c1-3-21-20(22-10-5-13-26-15-17-7-8-17)23-11-9-18-14-25-12-4-6-16(2)19(25)24-18/h4,6,12,14,17H,3,5,7-11,13,15H2,1-2H3,(H2,21,22,23). The van der Waals surface area contributed by atoms with Gasteiger partial charge in [-0.15, -0.1) is 0 Å². The zero-order chi connectivity index (χ0) is 18.2. The molecule has 2 aromatic heterocycles. The van der Waals surface area contributed by atoms with E-state index in [0.29, 0.717) is 0 Å². The van der Waals surface area contributed by atoms with Gasteiger partial charge in [-0.1, -0.05) is 6.07 Å². The van der Waals surface area contributed by atoms with E-state index in [0.717, 1.165) is 68.9 Å². The van der Waals surface area contributed by atoms with Crippen molar-refractivity contribution in [2.45, 2.75) is 39.5 Å². The van der Waals surface area contributed by atoms with Crippen LogP contribution in [0.15, 0.2) is 29.5 Å². The summed E-state index contributed by atoms with van der Waals surface area (Å²) in [6.07, 6.45) is 8.68. The van der Waals surface area contributed by atoms with Crippen molar-refractivity contribution in [3.63, 3.8) is 0 Å². The molecule has 0 atom stereocenters. The van der Waals surface area contributed by atoms with Gasteiger partial charge in [0.2, 0.25) is 0 Å². The average molecular weight is 358 g/mol. The molecule has 0 saturated heterocycles. The van der Waals surface area contributed by atoms with Gasteiger partial charge >= 0.3 is 0 Å². The summed E-state index contributed by atoms with van der Waals surface area (Å²) in [5.74, 6) is 1.70. The number of fused-ring (bicyclic) bond motifs is 1. The van der Waals surface area contributed by atoms with Crippen molar-refractivity contribution >= 4 is 11.6 Å². The van der Waals surface area contributed by atoms with Gasteiger partial charge in [-0.25, -0.2) is 4.98 Å². The van der Waals surface area contributed by atoms with Gasteiger partial charge < -0.3 is 19.8 Å². The number of aryl methyl sites for hydroxylation is 1. The van der Waals surface area contributed by atoms with Gasteiger partial charge in [-0.3, -0.25) is 4.99 Å². The lowest BCUT2D eigenvalue weighted by atomic mass is 10.3. The maximum Gasteiger partial charge on any atom is 0.191 e. The van der Waals surface area contributed by atoms with Gasteiger partial charge in [0.1, 0.15) is 5.65 Å². The van der Waals surface area contributed by atoms with E-state index in [2.05, 4.69) is 52.2 Å². The molecule has 3 rings (SSSR count). The second-order valence-corrected chi connectivity index (χ2v) is 6.96. The summed E-state index contributed by atoms with van der Waals surface area (Å²) in [6, 6.07) is 4.14. The predicted octanol–water partition coefficient (Wildman–Crippen LogP) is 2.56. The Kier molecular flexibility index (Phi) is 6.89. The van der Waals surface area contributed by atoms with Crippen molar-refractivity contribution in [2.75, 3.05) is 32.8 Å². The highest BCUT2D eigenvalue weighted by atomic mass is 16.5. The molecule has 0 amide bonds. The third-order valence-electron chi connectivity index (χ3n) is 4.51. The van der Waals surface area contributed by atoms with E-state index in [4.69, 9.17) is 9.72 Å². The first-order valence-electron chi connectivity index (χ1n) is 9.79. The fraction of sp³-hybridized carbons (Fsp3) is 0.600. The highest BCUT2D eigenvalue weighted by molar-refractivity contribution is 5.79. The number of nitrogens with one attached hydrogen (secondary N) is 2. The Morgan fingerprint density at radius 1 is 1.38 bits per heavy atom. The lowest BCUT2D eigenvalue weighted by Gasteiger charge is -2.10. The van der Waals surface area contributed by atoms with Crippen molar-refractivity contribution in [3.05, 3.63) is 35.8 Å². The first kappa shape index (κ1) is 18.7. The molecule has 1 aliphatic carbocycles. The van der Waals surface area contributed by atoms with Gasteiger partial charge in [-0.05, 0) is 50.7 Å². The van der Waals surface area contributed by atoms with Crippen LogP contribution < -0.4 is 10.6 Å². The van der Waals surface area contributed by atoms with E-state index >= 15 is 0 Å². The highest BCUT2D eigenvalue weighted by Gasteiger charge is 2.20. The van der Waals surface area contributed by atoms with Crippen LogP contribution in [0.25, 0.3) is 5.65 Å². The topological polar surface area (TPSA) is 63.0 Å². The molecule has 0 aromatic carbocycles. The molecule has 2 aromatic rings. The molecule has 6 heteroatoms. The Bertz CT molecular complexity index is 720. The van der Waals surface area contributed by atoms with Crippen LogP contribution in [0, 0.1) is 12.8 Å². The molecule has 1 fully saturated rings. The zero-order valence-corrected chi connectivity index (χ0v) is 16.0. The molecule has 1 aliphatic rings. The summed E-state index contributed by atoms with van der Waals surface area (Å²) in [4.78, 5) is 9.34. The normalized spacial score (nSPS) is 14.8. The summed E-state index contributed by atoms with van der Waals surface area (Å²) in [5.41, 5.74) is 3.33. The second kappa shape index (κ2) is 9.57. The Morgan fingerprint density at radius 2 is 2.27 bits per heavy atom. The van der Waals surface area contributed by atoms with Crippen LogP contribution in [0.4, 0.5) is 0 Å². The number of hydrogen-bond donors (Lipinski definition) is 2. The van der Waals surface area contributed by atoms with Gasteiger partial charge in [0, 0.05) is 51.7 Å². The summed E-state index contributed by atoms with van der Waals surface area (Å²) < 4.78 is 7.74. The SMILES string of the molecule is CCNC(=NCCCOCC1CC1)NCCc1cn2cccc(C)c2n1. The van der Waals surface area contributed by atoms with Gasteiger partial charge in [0.25, 0.3) is 0 Å². The monoisotopic (exact) mass is 357 g/mol. The van der Waals surface area contributed by atoms with E-state index in [9.17, 15) is 0 Å². The fourth-order valence-electron chi connectivity index (χ4n) is 2.87. The van der Waals surface area contributed by atoms with Crippen LogP contribution >= 0.6 is 0 Å². The lowest BCUT2D eigenvalue weighted by Crippen LogP contribution is -2.38. The highest BCUT2D eigenvalue weighted by Crippen LogP contribution is 2.28. The molecular formula is C20H31N5O. The Morgan fingerprint density at radius 3 is 3.04 bits per heavy atom. The Hall–Kier alpha value is -2.08. The summed E-state index contributed by atoms with van der Waals surface area (Å²) >= 11 is 0. The molecule has 0 unspecified atom stereocenters. The molecule has 0 aliphatic heterocycles. The van der Waals surface area contributed by atoms with Crippen LogP contribution in [0.1, 0.15) is 37.4 Å². The number of imidazole rings is 1. The zero-order valence-electron chi connectivity index (χ0n) is 16.0. The third kappa shape index (κ3) is 5.73. The number of nitrogens with zero attached hydrogens (tertiary/aromatic N) is 3. The summed E-state index contributed by atoms with van der Waals surface area (Å²) in [7, 11) is 0. The number of ether oxygens (including phenoxy) is 1. The number of hydrogen-bond acceptors (Lipinski definition) is 3. The second-order valence-electron chi connectivity index (χ2n) is 6.96. The van der Waals surface area contributed by atoms with Crippen molar-refractivity contribution in [1.82, 2.24) is 20.0 Å². The van der Waals surface area contributed by atoms with Crippen LogP contribution in [-0.2, 0) is 11.2 Å².